The van der Waals surface area contributed by atoms with Gasteiger partial charge >= 0.3 is 0 Å². The van der Waals surface area contributed by atoms with Gasteiger partial charge in [-0.15, -0.1) is 0 Å². The number of anilines is 1. The number of halogens is 1. The predicted molar refractivity (Wildman–Crippen MR) is 150 cm³/mol. The number of carbonyl (C=O) groups is 2. The number of likely N-dealkylation sites (N-methyl/N-ethyl adjacent to an activating group) is 1. The fourth-order valence-electron chi connectivity index (χ4n) is 5.06. The molecule has 1 aliphatic heterocycles. The summed E-state index contributed by atoms with van der Waals surface area (Å²) in [6.07, 6.45) is 4.56. The summed E-state index contributed by atoms with van der Waals surface area (Å²) in [5.41, 5.74) is 7.16. The monoisotopic (exact) mass is 528 g/mol. The zero-order chi connectivity index (χ0) is 27.1. The van der Waals surface area contributed by atoms with Gasteiger partial charge in [0.1, 0.15) is 11.4 Å². The summed E-state index contributed by atoms with van der Waals surface area (Å²) in [5.74, 6) is 0.252. The van der Waals surface area contributed by atoms with Gasteiger partial charge < -0.3 is 15.0 Å². The maximum atomic E-state index is 13.1. The third-order valence-electron chi connectivity index (χ3n) is 7.29. The molecule has 0 radical (unpaired) electrons. The van der Waals surface area contributed by atoms with Crippen LogP contribution >= 0.6 is 11.6 Å². The zero-order valence-electron chi connectivity index (χ0n) is 21.9. The zero-order valence-corrected chi connectivity index (χ0v) is 22.6. The standard InChI is InChI=1S/C30H29ClN4O3/c1-17-20(10-8-14-25(17)32-28(36)24-16-34(3)18(2)35(4)30(24)37)22-12-7-13-23(27(22)31)26-15-19-9-6-11-21(19)29(33-26)38-5/h7-8,10,12-16H,2,6,9,11H2,1,3-5H3,(H,32,36). The lowest BCUT2D eigenvalue weighted by Gasteiger charge is -2.31. The van der Waals surface area contributed by atoms with E-state index < -0.39 is 11.8 Å². The molecule has 0 unspecified atom stereocenters. The lowest BCUT2D eigenvalue weighted by Crippen LogP contribution is -2.41. The molecule has 7 nitrogen and oxygen atoms in total. The average molecular weight is 529 g/mol. The van der Waals surface area contributed by atoms with Gasteiger partial charge in [-0.2, -0.15) is 0 Å². The summed E-state index contributed by atoms with van der Waals surface area (Å²) in [4.78, 5) is 33.6. The van der Waals surface area contributed by atoms with Crippen LogP contribution in [0.3, 0.4) is 0 Å². The molecular weight excluding hydrogens is 500 g/mol. The molecule has 194 valence electrons. The van der Waals surface area contributed by atoms with Crippen LogP contribution < -0.4 is 10.1 Å². The predicted octanol–water partition coefficient (Wildman–Crippen LogP) is 5.57. The van der Waals surface area contributed by atoms with E-state index in [0.717, 1.165) is 47.2 Å². The Hall–Kier alpha value is -4.10. The second-order valence-electron chi connectivity index (χ2n) is 9.54. The van der Waals surface area contributed by atoms with Gasteiger partial charge in [0.25, 0.3) is 11.8 Å². The number of methoxy groups -OCH3 is 1. The third-order valence-corrected chi connectivity index (χ3v) is 7.70. The summed E-state index contributed by atoms with van der Waals surface area (Å²) in [6.45, 7) is 5.78. The Kier molecular flexibility index (Phi) is 6.71. The molecule has 1 aromatic heterocycles. The number of rotatable bonds is 5. The molecule has 38 heavy (non-hydrogen) atoms. The highest BCUT2D eigenvalue weighted by molar-refractivity contribution is 6.36. The first-order valence-corrected chi connectivity index (χ1v) is 12.8. The van der Waals surface area contributed by atoms with E-state index in [2.05, 4.69) is 18.0 Å². The molecule has 0 saturated carbocycles. The van der Waals surface area contributed by atoms with Crippen LogP contribution in [-0.2, 0) is 22.4 Å². The van der Waals surface area contributed by atoms with Crippen molar-refractivity contribution in [2.24, 2.45) is 0 Å². The van der Waals surface area contributed by atoms with Crippen molar-refractivity contribution >= 4 is 29.1 Å². The number of pyridine rings is 1. The molecule has 2 heterocycles. The van der Waals surface area contributed by atoms with E-state index in [0.29, 0.717) is 22.4 Å². The van der Waals surface area contributed by atoms with Crippen molar-refractivity contribution in [1.82, 2.24) is 14.8 Å². The highest BCUT2D eigenvalue weighted by atomic mass is 35.5. The van der Waals surface area contributed by atoms with Gasteiger partial charge in [0, 0.05) is 42.7 Å². The van der Waals surface area contributed by atoms with Crippen LogP contribution in [0.15, 0.2) is 66.6 Å². The molecule has 2 aliphatic rings. The van der Waals surface area contributed by atoms with Crippen LogP contribution in [0.1, 0.15) is 23.1 Å². The van der Waals surface area contributed by atoms with Crippen LogP contribution in [0, 0.1) is 6.92 Å². The van der Waals surface area contributed by atoms with Crippen molar-refractivity contribution < 1.29 is 14.3 Å². The fourth-order valence-corrected chi connectivity index (χ4v) is 5.38. The normalized spacial score (nSPS) is 14.9. The number of carbonyl (C=O) groups excluding carboxylic acids is 2. The Balaban J connectivity index is 1.50. The number of hydrogen-bond donors (Lipinski definition) is 1. The van der Waals surface area contributed by atoms with Gasteiger partial charge in [-0.05, 0) is 55.0 Å². The second-order valence-corrected chi connectivity index (χ2v) is 9.92. The number of aryl methyl sites for hydroxylation is 1. The van der Waals surface area contributed by atoms with E-state index >= 15 is 0 Å². The Labute approximate surface area is 227 Å². The average Bonchev–Trinajstić information content (AvgIpc) is 3.39. The molecule has 8 heteroatoms. The van der Waals surface area contributed by atoms with Crippen LogP contribution in [0.25, 0.3) is 22.4 Å². The van der Waals surface area contributed by atoms with Crippen molar-refractivity contribution in [3.63, 3.8) is 0 Å². The van der Waals surface area contributed by atoms with Crippen molar-refractivity contribution in [3.05, 3.63) is 88.4 Å². The third kappa shape index (κ3) is 4.33. The molecule has 0 atom stereocenters. The molecule has 1 aliphatic carbocycles. The highest BCUT2D eigenvalue weighted by Crippen LogP contribution is 2.41. The topological polar surface area (TPSA) is 74.8 Å². The highest BCUT2D eigenvalue weighted by Gasteiger charge is 2.30. The minimum absolute atomic E-state index is 0.0314. The van der Waals surface area contributed by atoms with Crippen molar-refractivity contribution in [3.8, 4) is 28.3 Å². The van der Waals surface area contributed by atoms with E-state index in [4.69, 9.17) is 21.3 Å². The molecule has 0 bridgehead atoms. The molecule has 2 aromatic carbocycles. The van der Waals surface area contributed by atoms with Crippen LogP contribution in [0.2, 0.25) is 5.02 Å². The van der Waals surface area contributed by atoms with E-state index in [1.54, 1.807) is 26.1 Å². The maximum Gasteiger partial charge on any atom is 0.266 e. The number of hydrogen-bond acceptors (Lipinski definition) is 5. The van der Waals surface area contributed by atoms with E-state index in [9.17, 15) is 9.59 Å². The van der Waals surface area contributed by atoms with Gasteiger partial charge in [-0.25, -0.2) is 4.98 Å². The summed E-state index contributed by atoms with van der Waals surface area (Å²) < 4.78 is 5.59. The number of benzene rings is 2. The molecule has 3 aromatic rings. The number of ether oxygens (including phenoxy) is 1. The number of fused-ring (bicyclic) bond motifs is 1. The fraction of sp³-hybridized carbons (Fsp3) is 0.233. The van der Waals surface area contributed by atoms with Crippen LogP contribution in [0.5, 0.6) is 5.88 Å². The lowest BCUT2D eigenvalue weighted by molar-refractivity contribution is -0.128. The molecule has 0 saturated heterocycles. The van der Waals surface area contributed by atoms with Crippen molar-refractivity contribution in [1.29, 1.82) is 0 Å². The Morgan fingerprint density at radius 1 is 1.11 bits per heavy atom. The molecule has 5 rings (SSSR count). The molecule has 0 fully saturated rings. The van der Waals surface area contributed by atoms with Gasteiger partial charge in [-0.3, -0.25) is 14.5 Å². The lowest BCUT2D eigenvalue weighted by atomic mass is 9.96. The number of nitrogens with zero attached hydrogens (tertiary/aromatic N) is 3. The number of aromatic nitrogens is 1. The first kappa shape index (κ1) is 25.5. The van der Waals surface area contributed by atoms with Crippen LogP contribution in [-0.4, -0.2) is 47.8 Å². The van der Waals surface area contributed by atoms with E-state index in [1.165, 1.54) is 22.2 Å². The van der Waals surface area contributed by atoms with E-state index in [1.807, 2.05) is 43.3 Å². The van der Waals surface area contributed by atoms with Crippen LogP contribution in [0.4, 0.5) is 5.69 Å². The summed E-state index contributed by atoms with van der Waals surface area (Å²) in [7, 11) is 4.98. The summed E-state index contributed by atoms with van der Waals surface area (Å²) >= 11 is 7.00. The number of amides is 2. The molecule has 0 spiro atoms. The van der Waals surface area contributed by atoms with Crippen molar-refractivity contribution in [2.45, 2.75) is 26.2 Å². The molecule has 1 N–H and O–H groups in total. The smallest absolute Gasteiger partial charge is 0.266 e. The van der Waals surface area contributed by atoms with Gasteiger partial charge in [-0.1, -0.05) is 48.5 Å². The number of nitrogens with one attached hydrogen (secondary N) is 1. The van der Waals surface area contributed by atoms with Gasteiger partial charge in [0.05, 0.1) is 17.8 Å². The Morgan fingerprint density at radius 3 is 2.58 bits per heavy atom. The first-order chi connectivity index (χ1) is 18.2. The SMILES string of the molecule is C=C1N(C)C=C(C(=O)Nc2cccc(-c3cccc(-c4cc5c(c(OC)n4)CCC5)c3Cl)c2C)C(=O)N1C. The van der Waals surface area contributed by atoms with Gasteiger partial charge in [0.15, 0.2) is 0 Å². The Bertz CT molecular complexity index is 1530. The largest absolute Gasteiger partial charge is 0.481 e. The summed E-state index contributed by atoms with van der Waals surface area (Å²) in [5, 5.41) is 3.47. The van der Waals surface area contributed by atoms with E-state index in [-0.39, 0.29) is 5.57 Å². The molecule has 2 amide bonds. The Morgan fingerprint density at radius 2 is 1.82 bits per heavy atom. The maximum absolute atomic E-state index is 13.1. The second kappa shape index (κ2) is 9.99. The van der Waals surface area contributed by atoms with Gasteiger partial charge in [0.2, 0.25) is 5.88 Å². The molecular formula is C30H29ClN4O3. The quantitative estimate of drug-likeness (QED) is 0.438. The van der Waals surface area contributed by atoms with Crippen molar-refractivity contribution in [2.75, 3.05) is 26.5 Å². The summed E-state index contributed by atoms with van der Waals surface area (Å²) in [6, 6.07) is 13.6. The first-order valence-electron chi connectivity index (χ1n) is 12.4. The minimum atomic E-state index is -0.490. The minimum Gasteiger partial charge on any atom is -0.481 e.